The van der Waals surface area contributed by atoms with Crippen molar-refractivity contribution in [3.8, 4) is 11.6 Å². The molecule has 0 aliphatic carbocycles. The van der Waals surface area contributed by atoms with Gasteiger partial charge < -0.3 is 4.74 Å². The number of halogens is 1. The molecular formula is C11H6ClN5O3. The summed E-state index contributed by atoms with van der Waals surface area (Å²) in [6, 6.07) is 7.13. The standard InChI is InChI=1S/C11H6ClN5O3/c12-9-5-10(16-11(15-9)13-6-14-16)20-8-3-1-7(2-4-8)17(18)19/h1-6H. The minimum absolute atomic E-state index is 0.0176. The molecule has 0 saturated heterocycles. The summed E-state index contributed by atoms with van der Waals surface area (Å²) in [5, 5.41) is 14.7. The highest BCUT2D eigenvalue weighted by Gasteiger charge is 2.10. The lowest BCUT2D eigenvalue weighted by Crippen LogP contribution is -1.98. The Labute approximate surface area is 116 Å². The number of non-ortho nitro benzene ring substituents is 1. The van der Waals surface area contributed by atoms with Gasteiger partial charge in [-0.05, 0) is 12.1 Å². The number of rotatable bonds is 3. The van der Waals surface area contributed by atoms with Gasteiger partial charge in [0, 0.05) is 18.2 Å². The van der Waals surface area contributed by atoms with Gasteiger partial charge in [0.1, 0.15) is 17.2 Å². The Kier molecular flexibility index (Phi) is 2.92. The van der Waals surface area contributed by atoms with E-state index >= 15 is 0 Å². The highest BCUT2D eigenvalue weighted by atomic mass is 35.5. The van der Waals surface area contributed by atoms with Gasteiger partial charge in [-0.1, -0.05) is 11.6 Å². The van der Waals surface area contributed by atoms with E-state index in [4.69, 9.17) is 16.3 Å². The topological polar surface area (TPSA) is 95.5 Å². The van der Waals surface area contributed by atoms with Crippen LogP contribution in [0.25, 0.3) is 5.78 Å². The summed E-state index contributed by atoms with van der Waals surface area (Å²) >= 11 is 5.85. The first kappa shape index (κ1) is 12.3. The Bertz CT molecular complexity index is 786. The van der Waals surface area contributed by atoms with Crippen LogP contribution in [0.3, 0.4) is 0 Å². The fraction of sp³-hybridized carbons (Fsp3) is 0. The molecule has 0 saturated carbocycles. The molecule has 20 heavy (non-hydrogen) atoms. The summed E-state index contributed by atoms with van der Waals surface area (Å²) in [4.78, 5) is 18.0. The van der Waals surface area contributed by atoms with Crippen molar-refractivity contribution in [2.75, 3.05) is 0 Å². The second kappa shape index (κ2) is 4.74. The Morgan fingerprint density at radius 3 is 2.75 bits per heavy atom. The lowest BCUT2D eigenvalue weighted by molar-refractivity contribution is -0.384. The predicted octanol–water partition coefficient (Wildman–Crippen LogP) is 2.48. The highest BCUT2D eigenvalue weighted by molar-refractivity contribution is 6.29. The fourth-order valence-electron chi connectivity index (χ4n) is 1.59. The second-order valence-electron chi connectivity index (χ2n) is 3.74. The Hall–Kier alpha value is -2.74. The maximum absolute atomic E-state index is 10.6. The predicted molar refractivity (Wildman–Crippen MR) is 69.0 cm³/mol. The molecule has 0 unspecified atom stereocenters. The molecular weight excluding hydrogens is 286 g/mol. The zero-order valence-electron chi connectivity index (χ0n) is 9.80. The number of nitro groups is 1. The lowest BCUT2D eigenvalue weighted by Gasteiger charge is -2.06. The average Bonchev–Trinajstić information content (AvgIpc) is 2.87. The SMILES string of the molecule is O=[N+]([O-])c1ccc(Oc2cc(Cl)nc3ncnn23)cc1. The van der Waals surface area contributed by atoms with Crippen LogP contribution in [0.2, 0.25) is 5.15 Å². The second-order valence-corrected chi connectivity index (χ2v) is 4.13. The first-order chi connectivity index (χ1) is 9.63. The smallest absolute Gasteiger partial charge is 0.269 e. The molecule has 100 valence electrons. The molecule has 1 aromatic carbocycles. The molecule has 2 heterocycles. The van der Waals surface area contributed by atoms with E-state index in [1.54, 1.807) is 0 Å². The number of nitrogens with zero attached hydrogens (tertiary/aromatic N) is 5. The Morgan fingerprint density at radius 2 is 2.05 bits per heavy atom. The molecule has 0 fully saturated rings. The molecule has 0 N–H and O–H groups in total. The molecule has 0 atom stereocenters. The van der Waals surface area contributed by atoms with Crippen LogP contribution in [0.15, 0.2) is 36.7 Å². The number of aromatic nitrogens is 4. The van der Waals surface area contributed by atoms with Gasteiger partial charge in [0.25, 0.3) is 11.5 Å². The van der Waals surface area contributed by atoms with Crippen LogP contribution in [0.5, 0.6) is 11.6 Å². The third-order valence-electron chi connectivity index (χ3n) is 2.46. The van der Waals surface area contributed by atoms with Crippen molar-refractivity contribution in [1.82, 2.24) is 19.6 Å². The highest BCUT2D eigenvalue weighted by Crippen LogP contribution is 2.25. The van der Waals surface area contributed by atoms with Gasteiger partial charge in [-0.15, -0.1) is 0 Å². The summed E-state index contributed by atoms with van der Waals surface area (Å²) < 4.78 is 6.95. The molecule has 9 heteroatoms. The molecule has 0 radical (unpaired) electrons. The molecule has 0 spiro atoms. The first-order valence-electron chi connectivity index (χ1n) is 5.42. The molecule has 2 aromatic heterocycles. The van der Waals surface area contributed by atoms with E-state index in [1.165, 1.54) is 41.2 Å². The van der Waals surface area contributed by atoms with E-state index in [-0.39, 0.29) is 10.8 Å². The van der Waals surface area contributed by atoms with E-state index in [9.17, 15) is 10.1 Å². The van der Waals surface area contributed by atoms with Crippen molar-refractivity contribution in [1.29, 1.82) is 0 Å². The van der Waals surface area contributed by atoms with Crippen molar-refractivity contribution in [3.05, 3.63) is 51.9 Å². The average molecular weight is 292 g/mol. The normalized spacial score (nSPS) is 10.7. The summed E-state index contributed by atoms with van der Waals surface area (Å²) in [7, 11) is 0. The fourth-order valence-corrected chi connectivity index (χ4v) is 1.76. The van der Waals surface area contributed by atoms with Gasteiger partial charge >= 0.3 is 0 Å². The van der Waals surface area contributed by atoms with Crippen molar-refractivity contribution in [2.24, 2.45) is 0 Å². The zero-order valence-corrected chi connectivity index (χ0v) is 10.6. The molecule has 0 aliphatic heterocycles. The van der Waals surface area contributed by atoms with E-state index in [0.29, 0.717) is 17.4 Å². The van der Waals surface area contributed by atoms with E-state index < -0.39 is 4.92 Å². The summed E-state index contributed by atoms with van der Waals surface area (Å²) in [5.74, 6) is 1.02. The number of hydrogen-bond donors (Lipinski definition) is 0. The van der Waals surface area contributed by atoms with Crippen LogP contribution in [0.1, 0.15) is 0 Å². The Morgan fingerprint density at radius 1 is 1.30 bits per heavy atom. The van der Waals surface area contributed by atoms with Gasteiger partial charge in [-0.3, -0.25) is 10.1 Å². The van der Waals surface area contributed by atoms with Gasteiger partial charge in [-0.2, -0.15) is 19.6 Å². The van der Waals surface area contributed by atoms with E-state index in [2.05, 4.69) is 15.1 Å². The van der Waals surface area contributed by atoms with E-state index in [1.807, 2.05) is 0 Å². The molecule has 0 aliphatic rings. The maximum atomic E-state index is 10.6. The minimum Gasteiger partial charge on any atom is -0.439 e. The summed E-state index contributed by atoms with van der Waals surface area (Å²) in [6.45, 7) is 0. The summed E-state index contributed by atoms with van der Waals surface area (Å²) in [6.07, 6.45) is 1.32. The largest absolute Gasteiger partial charge is 0.439 e. The first-order valence-corrected chi connectivity index (χ1v) is 5.80. The molecule has 0 amide bonds. The van der Waals surface area contributed by atoms with Crippen molar-refractivity contribution >= 4 is 23.1 Å². The third kappa shape index (κ3) is 2.24. The number of ether oxygens (including phenoxy) is 1. The summed E-state index contributed by atoms with van der Waals surface area (Å²) in [5.41, 5.74) is -0.0176. The number of nitro benzene ring substituents is 1. The molecule has 3 aromatic rings. The molecule has 8 nitrogen and oxygen atoms in total. The van der Waals surface area contributed by atoms with Crippen molar-refractivity contribution in [2.45, 2.75) is 0 Å². The Balaban J connectivity index is 1.96. The van der Waals surface area contributed by atoms with E-state index in [0.717, 1.165) is 0 Å². The number of benzene rings is 1. The van der Waals surface area contributed by atoms with Crippen LogP contribution in [0.4, 0.5) is 5.69 Å². The van der Waals surface area contributed by atoms with Crippen molar-refractivity contribution < 1.29 is 9.66 Å². The molecule has 0 bridgehead atoms. The third-order valence-corrected chi connectivity index (χ3v) is 2.65. The minimum atomic E-state index is -0.483. The zero-order chi connectivity index (χ0) is 14.1. The van der Waals surface area contributed by atoms with Crippen LogP contribution >= 0.6 is 11.6 Å². The van der Waals surface area contributed by atoms with Crippen LogP contribution in [-0.4, -0.2) is 24.5 Å². The van der Waals surface area contributed by atoms with Gasteiger partial charge in [-0.25, -0.2) is 0 Å². The quantitative estimate of drug-likeness (QED) is 0.418. The van der Waals surface area contributed by atoms with Gasteiger partial charge in [0.15, 0.2) is 0 Å². The van der Waals surface area contributed by atoms with Crippen LogP contribution < -0.4 is 4.74 Å². The number of fused-ring (bicyclic) bond motifs is 1. The van der Waals surface area contributed by atoms with Crippen molar-refractivity contribution in [3.63, 3.8) is 0 Å². The van der Waals surface area contributed by atoms with Gasteiger partial charge in [0.05, 0.1) is 4.92 Å². The lowest BCUT2D eigenvalue weighted by atomic mass is 10.3. The molecule has 3 rings (SSSR count). The van der Waals surface area contributed by atoms with Crippen LogP contribution in [-0.2, 0) is 0 Å². The van der Waals surface area contributed by atoms with Gasteiger partial charge in [0.2, 0.25) is 5.88 Å². The maximum Gasteiger partial charge on any atom is 0.269 e. The van der Waals surface area contributed by atoms with Crippen LogP contribution in [0, 0.1) is 10.1 Å². The monoisotopic (exact) mass is 291 g/mol. The number of hydrogen-bond acceptors (Lipinski definition) is 6.